The van der Waals surface area contributed by atoms with Gasteiger partial charge in [-0.15, -0.1) is 0 Å². The molecule has 100 valence electrons. The van der Waals surface area contributed by atoms with Crippen molar-refractivity contribution in [1.82, 2.24) is 10.2 Å². The lowest BCUT2D eigenvalue weighted by Crippen LogP contribution is -2.41. The van der Waals surface area contributed by atoms with Crippen LogP contribution in [0.1, 0.15) is 40.0 Å². The Morgan fingerprint density at radius 1 is 1.41 bits per heavy atom. The van der Waals surface area contributed by atoms with Crippen molar-refractivity contribution in [3.63, 3.8) is 0 Å². The zero-order chi connectivity index (χ0) is 12.9. The molecule has 1 rings (SSSR count). The van der Waals surface area contributed by atoms with Crippen molar-refractivity contribution < 1.29 is 9.53 Å². The summed E-state index contributed by atoms with van der Waals surface area (Å²) in [5, 5.41) is 3.34. The molecule has 0 unspecified atom stereocenters. The molecule has 0 aromatic rings. The van der Waals surface area contributed by atoms with Crippen LogP contribution < -0.4 is 5.32 Å². The molecule has 1 fully saturated rings. The van der Waals surface area contributed by atoms with Crippen molar-refractivity contribution in [2.75, 3.05) is 26.8 Å². The Balaban J connectivity index is 2.27. The maximum absolute atomic E-state index is 12.0. The third kappa shape index (κ3) is 6.03. The fourth-order valence-electron chi connectivity index (χ4n) is 1.77. The topological polar surface area (TPSA) is 41.6 Å². The lowest BCUT2D eigenvalue weighted by Gasteiger charge is -2.24. The van der Waals surface area contributed by atoms with Gasteiger partial charge in [-0.1, -0.05) is 0 Å². The van der Waals surface area contributed by atoms with E-state index in [1.54, 1.807) is 7.11 Å². The first-order chi connectivity index (χ1) is 7.94. The minimum absolute atomic E-state index is 0.0806. The number of nitrogens with zero attached hydrogens (tertiary/aromatic N) is 1. The van der Waals surface area contributed by atoms with Gasteiger partial charge in [-0.25, -0.2) is 0 Å². The molecule has 17 heavy (non-hydrogen) atoms. The van der Waals surface area contributed by atoms with Crippen molar-refractivity contribution in [2.45, 2.75) is 51.6 Å². The second-order valence-electron chi connectivity index (χ2n) is 5.74. The maximum atomic E-state index is 12.0. The summed E-state index contributed by atoms with van der Waals surface area (Å²) in [7, 11) is 1.68. The van der Waals surface area contributed by atoms with Crippen LogP contribution in [0.15, 0.2) is 0 Å². The predicted molar refractivity (Wildman–Crippen MR) is 69.0 cm³/mol. The minimum Gasteiger partial charge on any atom is -0.383 e. The summed E-state index contributed by atoms with van der Waals surface area (Å²) in [6.07, 6.45) is 2.89. The number of amides is 1. The van der Waals surface area contributed by atoms with Crippen molar-refractivity contribution in [3.05, 3.63) is 0 Å². The second kappa shape index (κ2) is 6.36. The Morgan fingerprint density at radius 2 is 2.06 bits per heavy atom. The van der Waals surface area contributed by atoms with Crippen molar-refractivity contribution in [3.8, 4) is 0 Å². The smallest absolute Gasteiger partial charge is 0.224 e. The van der Waals surface area contributed by atoms with E-state index in [1.165, 1.54) is 0 Å². The van der Waals surface area contributed by atoms with E-state index in [4.69, 9.17) is 4.74 Å². The molecule has 0 aromatic carbocycles. The number of ether oxygens (including phenoxy) is 1. The fraction of sp³-hybridized carbons (Fsp3) is 0.923. The summed E-state index contributed by atoms with van der Waals surface area (Å²) in [5.74, 6) is 0.251. The first kappa shape index (κ1) is 14.5. The number of hydrogen-bond acceptors (Lipinski definition) is 3. The van der Waals surface area contributed by atoms with Gasteiger partial charge in [0.05, 0.1) is 6.61 Å². The van der Waals surface area contributed by atoms with Crippen LogP contribution in [0.3, 0.4) is 0 Å². The molecule has 0 atom stereocenters. The van der Waals surface area contributed by atoms with E-state index in [0.29, 0.717) is 19.1 Å². The van der Waals surface area contributed by atoms with E-state index >= 15 is 0 Å². The first-order valence-electron chi connectivity index (χ1n) is 6.47. The third-order valence-electron chi connectivity index (χ3n) is 2.84. The van der Waals surface area contributed by atoms with Gasteiger partial charge in [0, 0.05) is 38.2 Å². The van der Waals surface area contributed by atoms with Crippen LogP contribution in [0.25, 0.3) is 0 Å². The average molecular weight is 242 g/mol. The summed E-state index contributed by atoms with van der Waals surface area (Å²) in [6.45, 7) is 8.45. The van der Waals surface area contributed by atoms with Crippen LogP contribution in [0.4, 0.5) is 0 Å². The molecule has 1 aliphatic carbocycles. The summed E-state index contributed by atoms with van der Waals surface area (Å²) in [4.78, 5) is 14.0. The van der Waals surface area contributed by atoms with E-state index in [-0.39, 0.29) is 11.4 Å². The summed E-state index contributed by atoms with van der Waals surface area (Å²) in [6, 6.07) is 0.479. The highest BCUT2D eigenvalue weighted by Crippen LogP contribution is 2.27. The molecule has 0 heterocycles. The molecule has 1 saturated carbocycles. The van der Waals surface area contributed by atoms with Gasteiger partial charge in [0.25, 0.3) is 0 Å². The molecule has 0 radical (unpaired) electrons. The maximum Gasteiger partial charge on any atom is 0.224 e. The van der Waals surface area contributed by atoms with Gasteiger partial charge >= 0.3 is 0 Å². The SMILES string of the molecule is COCCN(C(=O)CCNC(C)(C)C)C1CC1. The number of methoxy groups -OCH3 is 1. The Bertz CT molecular complexity index is 244. The number of rotatable bonds is 7. The van der Waals surface area contributed by atoms with Crippen LogP contribution in [0.5, 0.6) is 0 Å². The average Bonchev–Trinajstić information content (AvgIpc) is 3.00. The molecule has 0 spiro atoms. The summed E-state index contributed by atoms with van der Waals surface area (Å²) >= 11 is 0. The molecule has 0 bridgehead atoms. The Hall–Kier alpha value is -0.610. The van der Waals surface area contributed by atoms with E-state index in [0.717, 1.165) is 25.9 Å². The Labute approximate surface area is 105 Å². The van der Waals surface area contributed by atoms with Crippen LogP contribution in [0.2, 0.25) is 0 Å². The highest BCUT2D eigenvalue weighted by molar-refractivity contribution is 5.77. The molecule has 4 nitrogen and oxygen atoms in total. The van der Waals surface area contributed by atoms with Crippen LogP contribution in [0, 0.1) is 0 Å². The van der Waals surface area contributed by atoms with Gasteiger partial charge in [-0.3, -0.25) is 4.79 Å². The van der Waals surface area contributed by atoms with Crippen LogP contribution in [-0.4, -0.2) is 49.2 Å². The monoisotopic (exact) mass is 242 g/mol. The highest BCUT2D eigenvalue weighted by Gasteiger charge is 2.31. The lowest BCUT2D eigenvalue weighted by molar-refractivity contribution is -0.132. The normalized spacial score (nSPS) is 16.0. The van der Waals surface area contributed by atoms with Crippen molar-refractivity contribution >= 4 is 5.91 Å². The molecule has 1 N–H and O–H groups in total. The van der Waals surface area contributed by atoms with E-state index in [2.05, 4.69) is 26.1 Å². The Kier molecular flexibility index (Phi) is 5.40. The number of carbonyl (C=O) groups excluding carboxylic acids is 1. The predicted octanol–water partition coefficient (Wildman–Crippen LogP) is 1.40. The first-order valence-corrected chi connectivity index (χ1v) is 6.47. The molecule has 0 saturated heterocycles. The Morgan fingerprint density at radius 3 is 2.53 bits per heavy atom. The molecule has 1 aliphatic rings. The number of nitrogens with one attached hydrogen (secondary N) is 1. The van der Waals surface area contributed by atoms with E-state index < -0.39 is 0 Å². The van der Waals surface area contributed by atoms with Gasteiger partial charge in [0.2, 0.25) is 5.91 Å². The standard InChI is InChI=1S/C13H26N2O2/c1-13(2,3)14-8-7-12(16)15(9-10-17-4)11-5-6-11/h11,14H,5-10H2,1-4H3. The van der Waals surface area contributed by atoms with Crippen LogP contribution >= 0.6 is 0 Å². The molecule has 4 heteroatoms. The summed E-state index contributed by atoms with van der Waals surface area (Å²) < 4.78 is 5.05. The lowest BCUT2D eigenvalue weighted by atomic mass is 10.1. The zero-order valence-electron chi connectivity index (χ0n) is 11.6. The van der Waals surface area contributed by atoms with Crippen molar-refractivity contribution in [1.29, 1.82) is 0 Å². The van der Waals surface area contributed by atoms with E-state index in [1.807, 2.05) is 4.90 Å². The minimum atomic E-state index is 0.0806. The quantitative estimate of drug-likeness (QED) is 0.734. The fourth-order valence-corrected chi connectivity index (χ4v) is 1.77. The number of carbonyl (C=O) groups is 1. The van der Waals surface area contributed by atoms with Crippen molar-refractivity contribution in [2.24, 2.45) is 0 Å². The second-order valence-corrected chi connectivity index (χ2v) is 5.74. The number of hydrogen-bond donors (Lipinski definition) is 1. The van der Waals surface area contributed by atoms with Gasteiger partial charge in [0.1, 0.15) is 0 Å². The molecular weight excluding hydrogens is 216 g/mol. The molecular formula is C13H26N2O2. The largest absolute Gasteiger partial charge is 0.383 e. The zero-order valence-corrected chi connectivity index (χ0v) is 11.6. The third-order valence-corrected chi connectivity index (χ3v) is 2.84. The molecule has 1 amide bonds. The van der Waals surface area contributed by atoms with Crippen LogP contribution in [-0.2, 0) is 9.53 Å². The van der Waals surface area contributed by atoms with Gasteiger partial charge < -0.3 is 15.0 Å². The van der Waals surface area contributed by atoms with E-state index in [9.17, 15) is 4.79 Å². The summed E-state index contributed by atoms with van der Waals surface area (Å²) in [5.41, 5.74) is 0.0806. The molecule has 0 aromatic heterocycles. The highest BCUT2D eigenvalue weighted by atomic mass is 16.5. The van der Waals surface area contributed by atoms with Gasteiger partial charge in [0.15, 0.2) is 0 Å². The van der Waals surface area contributed by atoms with Gasteiger partial charge in [-0.2, -0.15) is 0 Å². The van der Waals surface area contributed by atoms with Gasteiger partial charge in [-0.05, 0) is 33.6 Å². The molecule has 0 aliphatic heterocycles.